The SMILES string of the molecule is O=c1[nH]c(Oc2ccc3[nH]c(C4CCNCC4)cc3c2)nc2cnccc12. The van der Waals surface area contributed by atoms with Crippen LogP contribution in [0.2, 0.25) is 0 Å². The van der Waals surface area contributed by atoms with Gasteiger partial charge in [0, 0.05) is 28.7 Å². The number of rotatable bonds is 3. The Bertz CT molecular complexity index is 1170. The number of piperidine rings is 1. The third-order valence-electron chi connectivity index (χ3n) is 5.09. The molecule has 0 saturated carbocycles. The van der Waals surface area contributed by atoms with Gasteiger partial charge in [0.2, 0.25) is 0 Å². The van der Waals surface area contributed by atoms with Gasteiger partial charge in [0.15, 0.2) is 0 Å². The third kappa shape index (κ3) is 3.06. The predicted octanol–water partition coefficient (Wildman–Crippen LogP) is 3.06. The fourth-order valence-corrected chi connectivity index (χ4v) is 3.68. The summed E-state index contributed by atoms with van der Waals surface area (Å²) in [5.74, 6) is 1.19. The minimum absolute atomic E-state index is 0.161. The largest absolute Gasteiger partial charge is 0.426 e. The molecule has 0 radical (unpaired) electrons. The average Bonchev–Trinajstić information content (AvgIpc) is 3.12. The molecule has 4 heterocycles. The lowest BCUT2D eigenvalue weighted by Crippen LogP contribution is -2.26. The standard InChI is InChI=1S/C20H19N5O2/c26-19-15-5-8-22-11-18(15)24-20(25-19)27-14-1-2-16-13(9-14)10-17(23-16)12-3-6-21-7-4-12/h1-2,5,8-12,21,23H,3-4,6-7H2,(H,24,25,26). The second-order valence-electron chi connectivity index (χ2n) is 6.86. The predicted molar refractivity (Wildman–Crippen MR) is 103 cm³/mol. The molecule has 1 aliphatic heterocycles. The second-order valence-corrected chi connectivity index (χ2v) is 6.86. The number of nitrogens with zero attached hydrogens (tertiary/aromatic N) is 2. The summed E-state index contributed by atoms with van der Waals surface area (Å²) in [5, 5.41) is 4.98. The highest BCUT2D eigenvalue weighted by Crippen LogP contribution is 2.30. The summed E-state index contributed by atoms with van der Waals surface area (Å²) < 4.78 is 5.81. The third-order valence-corrected chi connectivity index (χ3v) is 5.09. The number of ether oxygens (including phenoxy) is 1. The number of pyridine rings is 1. The number of hydrogen-bond acceptors (Lipinski definition) is 5. The molecule has 0 bridgehead atoms. The second kappa shape index (κ2) is 6.51. The first-order valence-electron chi connectivity index (χ1n) is 9.11. The lowest BCUT2D eigenvalue weighted by molar-refractivity contribution is 0.443. The fourth-order valence-electron chi connectivity index (χ4n) is 3.68. The molecule has 0 unspecified atom stereocenters. The first-order valence-corrected chi connectivity index (χ1v) is 9.11. The summed E-state index contributed by atoms with van der Waals surface area (Å²) in [4.78, 5) is 26.7. The van der Waals surface area contributed by atoms with E-state index in [4.69, 9.17) is 4.74 Å². The Morgan fingerprint density at radius 3 is 2.85 bits per heavy atom. The summed E-state index contributed by atoms with van der Waals surface area (Å²) in [6.07, 6.45) is 5.41. The first kappa shape index (κ1) is 16.0. The Hall–Kier alpha value is -3.19. The van der Waals surface area contributed by atoms with Crippen molar-refractivity contribution < 1.29 is 4.74 Å². The molecule has 1 saturated heterocycles. The molecule has 1 fully saturated rings. The number of H-pyrrole nitrogens is 2. The maximum Gasteiger partial charge on any atom is 0.302 e. The topological polar surface area (TPSA) is 95.7 Å². The van der Waals surface area contributed by atoms with E-state index in [9.17, 15) is 4.79 Å². The molecular weight excluding hydrogens is 342 g/mol. The number of hydrogen-bond donors (Lipinski definition) is 3. The van der Waals surface area contributed by atoms with Crippen molar-refractivity contribution >= 4 is 21.8 Å². The molecular formula is C20H19N5O2. The Morgan fingerprint density at radius 1 is 1.07 bits per heavy atom. The Morgan fingerprint density at radius 2 is 1.96 bits per heavy atom. The molecule has 3 aromatic heterocycles. The molecule has 1 aromatic carbocycles. The highest BCUT2D eigenvalue weighted by molar-refractivity contribution is 5.82. The quantitative estimate of drug-likeness (QED) is 0.521. The van der Waals surface area contributed by atoms with Gasteiger partial charge in [0.05, 0.1) is 17.1 Å². The van der Waals surface area contributed by atoms with E-state index in [1.807, 2.05) is 18.2 Å². The molecule has 7 heteroatoms. The molecule has 1 aliphatic rings. The van der Waals surface area contributed by atoms with Crippen LogP contribution < -0.4 is 15.6 Å². The maximum absolute atomic E-state index is 12.2. The highest BCUT2D eigenvalue weighted by Gasteiger charge is 2.17. The normalized spacial score (nSPS) is 15.4. The van der Waals surface area contributed by atoms with Crippen molar-refractivity contribution in [1.29, 1.82) is 0 Å². The number of nitrogens with one attached hydrogen (secondary N) is 3. The van der Waals surface area contributed by atoms with Gasteiger partial charge >= 0.3 is 6.01 Å². The van der Waals surface area contributed by atoms with Crippen LogP contribution in [-0.2, 0) is 0 Å². The van der Waals surface area contributed by atoms with Crippen molar-refractivity contribution in [2.45, 2.75) is 18.8 Å². The van der Waals surface area contributed by atoms with Crippen LogP contribution in [0.3, 0.4) is 0 Å². The van der Waals surface area contributed by atoms with Crippen molar-refractivity contribution in [3.63, 3.8) is 0 Å². The number of aromatic nitrogens is 4. The Balaban J connectivity index is 1.46. The minimum atomic E-state index is -0.242. The summed E-state index contributed by atoms with van der Waals surface area (Å²) in [6, 6.07) is 9.82. The van der Waals surface area contributed by atoms with E-state index in [2.05, 4.69) is 31.3 Å². The molecule has 0 atom stereocenters. The van der Waals surface area contributed by atoms with E-state index in [-0.39, 0.29) is 11.6 Å². The van der Waals surface area contributed by atoms with E-state index in [1.165, 1.54) is 5.69 Å². The molecule has 7 nitrogen and oxygen atoms in total. The zero-order valence-electron chi connectivity index (χ0n) is 14.7. The lowest BCUT2D eigenvalue weighted by Gasteiger charge is -2.21. The van der Waals surface area contributed by atoms with Gasteiger partial charge in [-0.05, 0) is 56.3 Å². The van der Waals surface area contributed by atoms with E-state index < -0.39 is 0 Å². The maximum atomic E-state index is 12.2. The zero-order chi connectivity index (χ0) is 18.2. The van der Waals surface area contributed by atoms with Gasteiger partial charge in [-0.1, -0.05) is 0 Å². The first-order chi connectivity index (χ1) is 13.3. The molecule has 0 aliphatic carbocycles. The zero-order valence-corrected chi connectivity index (χ0v) is 14.7. The lowest BCUT2D eigenvalue weighted by atomic mass is 9.95. The monoisotopic (exact) mass is 361 g/mol. The average molecular weight is 361 g/mol. The van der Waals surface area contributed by atoms with Crippen molar-refractivity contribution in [2.75, 3.05) is 13.1 Å². The molecule has 4 aromatic rings. The van der Waals surface area contributed by atoms with Crippen LogP contribution in [0.4, 0.5) is 0 Å². The van der Waals surface area contributed by atoms with Crippen LogP contribution >= 0.6 is 0 Å². The van der Waals surface area contributed by atoms with E-state index in [0.717, 1.165) is 36.8 Å². The van der Waals surface area contributed by atoms with Crippen LogP contribution in [-0.4, -0.2) is 33.0 Å². The van der Waals surface area contributed by atoms with Gasteiger partial charge < -0.3 is 15.0 Å². The van der Waals surface area contributed by atoms with Gasteiger partial charge in [0.1, 0.15) is 5.75 Å². The van der Waals surface area contributed by atoms with Crippen LogP contribution in [0.5, 0.6) is 11.8 Å². The van der Waals surface area contributed by atoms with Crippen molar-refractivity contribution in [1.82, 2.24) is 25.3 Å². The fraction of sp³-hybridized carbons (Fsp3) is 0.250. The molecule has 3 N–H and O–H groups in total. The van der Waals surface area contributed by atoms with Crippen LogP contribution in [0, 0.1) is 0 Å². The summed E-state index contributed by atoms with van der Waals surface area (Å²) in [7, 11) is 0. The number of benzene rings is 1. The summed E-state index contributed by atoms with van der Waals surface area (Å²) >= 11 is 0. The van der Waals surface area contributed by atoms with Crippen molar-refractivity contribution in [2.24, 2.45) is 0 Å². The smallest absolute Gasteiger partial charge is 0.302 e. The van der Waals surface area contributed by atoms with Gasteiger partial charge in [-0.3, -0.25) is 14.8 Å². The Labute approximate surface area is 154 Å². The van der Waals surface area contributed by atoms with Crippen LogP contribution in [0.1, 0.15) is 24.5 Å². The van der Waals surface area contributed by atoms with E-state index in [1.54, 1.807) is 18.5 Å². The van der Waals surface area contributed by atoms with Gasteiger partial charge in [-0.15, -0.1) is 0 Å². The molecule has 136 valence electrons. The van der Waals surface area contributed by atoms with Crippen molar-refractivity contribution in [3.8, 4) is 11.8 Å². The minimum Gasteiger partial charge on any atom is -0.426 e. The Kier molecular flexibility index (Phi) is 3.86. The summed E-state index contributed by atoms with van der Waals surface area (Å²) in [6.45, 7) is 2.12. The van der Waals surface area contributed by atoms with E-state index >= 15 is 0 Å². The van der Waals surface area contributed by atoms with E-state index in [0.29, 0.717) is 22.6 Å². The van der Waals surface area contributed by atoms with Crippen molar-refractivity contribution in [3.05, 3.63) is 58.8 Å². The molecule has 0 amide bonds. The number of aromatic amines is 2. The highest BCUT2D eigenvalue weighted by atomic mass is 16.5. The summed E-state index contributed by atoms with van der Waals surface area (Å²) in [5.41, 5.74) is 2.62. The van der Waals surface area contributed by atoms with Crippen LogP contribution in [0.25, 0.3) is 21.8 Å². The van der Waals surface area contributed by atoms with Gasteiger partial charge in [-0.25, -0.2) is 0 Å². The van der Waals surface area contributed by atoms with Crippen LogP contribution in [0.15, 0.2) is 47.5 Å². The number of fused-ring (bicyclic) bond motifs is 2. The van der Waals surface area contributed by atoms with Gasteiger partial charge in [-0.2, -0.15) is 4.98 Å². The molecule has 0 spiro atoms. The molecule has 27 heavy (non-hydrogen) atoms. The molecule has 5 rings (SSSR count). The van der Waals surface area contributed by atoms with Gasteiger partial charge in [0.25, 0.3) is 5.56 Å².